The molecule has 1 aliphatic rings. The highest BCUT2D eigenvalue weighted by atomic mass is 35.5. The third kappa shape index (κ3) is 2.51. The number of anilines is 1. The van der Waals surface area contributed by atoms with E-state index in [2.05, 4.69) is 9.97 Å². The molecular formula is C10H13ClN4O2S. The lowest BCUT2D eigenvalue weighted by molar-refractivity contribution is -0.385. The summed E-state index contributed by atoms with van der Waals surface area (Å²) in [7, 11) is 1.82. The second-order valence-corrected chi connectivity index (χ2v) is 5.62. The number of thioether (sulfide) groups is 1. The minimum absolute atomic E-state index is 0.0469. The normalized spacial score (nSPS) is 18.9. The lowest BCUT2D eigenvalue weighted by atomic mass is 10.2. The van der Waals surface area contributed by atoms with Crippen LogP contribution in [0.2, 0.25) is 5.28 Å². The molecule has 8 heteroatoms. The zero-order chi connectivity index (χ0) is 13.3. The SMILES string of the molecule is Cc1nc(Cl)nc(N(C)C2CCSC2)c1[N+](=O)[O-]. The van der Waals surface area contributed by atoms with Gasteiger partial charge in [-0.3, -0.25) is 10.1 Å². The fourth-order valence-corrected chi connectivity index (χ4v) is 3.45. The van der Waals surface area contributed by atoms with Gasteiger partial charge >= 0.3 is 5.69 Å². The Labute approximate surface area is 114 Å². The van der Waals surface area contributed by atoms with E-state index in [1.54, 1.807) is 6.92 Å². The molecule has 6 nitrogen and oxygen atoms in total. The Kier molecular flexibility index (Phi) is 3.91. The lowest BCUT2D eigenvalue weighted by Gasteiger charge is -2.24. The molecule has 0 amide bonds. The van der Waals surface area contributed by atoms with Crippen molar-refractivity contribution in [2.75, 3.05) is 23.5 Å². The molecule has 0 spiro atoms. The van der Waals surface area contributed by atoms with Gasteiger partial charge in [0, 0.05) is 18.8 Å². The van der Waals surface area contributed by atoms with Crippen molar-refractivity contribution in [2.24, 2.45) is 0 Å². The van der Waals surface area contributed by atoms with Crippen molar-refractivity contribution in [1.82, 2.24) is 9.97 Å². The van der Waals surface area contributed by atoms with Gasteiger partial charge in [0.05, 0.1) is 4.92 Å². The van der Waals surface area contributed by atoms with Crippen molar-refractivity contribution in [1.29, 1.82) is 0 Å². The van der Waals surface area contributed by atoms with E-state index in [0.717, 1.165) is 17.9 Å². The van der Waals surface area contributed by atoms with Gasteiger partial charge in [-0.05, 0) is 30.7 Å². The zero-order valence-corrected chi connectivity index (χ0v) is 11.7. The van der Waals surface area contributed by atoms with Crippen molar-refractivity contribution in [3.05, 3.63) is 21.1 Å². The Morgan fingerprint density at radius 3 is 2.83 bits per heavy atom. The smallest absolute Gasteiger partial charge is 0.332 e. The predicted molar refractivity (Wildman–Crippen MR) is 72.6 cm³/mol. The molecule has 1 unspecified atom stereocenters. The van der Waals surface area contributed by atoms with Crippen LogP contribution in [0.25, 0.3) is 0 Å². The summed E-state index contributed by atoms with van der Waals surface area (Å²) in [5.74, 6) is 2.33. The Morgan fingerprint density at radius 1 is 1.56 bits per heavy atom. The number of halogens is 1. The summed E-state index contributed by atoms with van der Waals surface area (Å²) in [4.78, 5) is 20.4. The molecule has 1 saturated heterocycles. The highest BCUT2D eigenvalue weighted by molar-refractivity contribution is 7.99. The molecule has 1 fully saturated rings. The molecule has 0 saturated carbocycles. The summed E-state index contributed by atoms with van der Waals surface area (Å²) in [6.45, 7) is 1.58. The number of nitrogens with zero attached hydrogens (tertiary/aromatic N) is 4. The summed E-state index contributed by atoms with van der Waals surface area (Å²) in [6, 6.07) is 0.263. The van der Waals surface area contributed by atoms with E-state index in [1.807, 2.05) is 23.7 Å². The first-order chi connectivity index (χ1) is 8.50. The fraction of sp³-hybridized carbons (Fsp3) is 0.600. The van der Waals surface area contributed by atoms with Crippen LogP contribution in [0.5, 0.6) is 0 Å². The Balaban J connectivity index is 2.44. The van der Waals surface area contributed by atoms with E-state index in [9.17, 15) is 10.1 Å². The molecule has 0 bridgehead atoms. The van der Waals surface area contributed by atoms with Gasteiger partial charge < -0.3 is 4.90 Å². The van der Waals surface area contributed by atoms with Crippen molar-refractivity contribution >= 4 is 34.9 Å². The summed E-state index contributed by atoms with van der Waals surface area (Å²) in [6.07, 6.45) is 0.999. The van der Waals surface area contributed by atoms with E-state index < -0.39 is 4.92 Å². The van der Waals surface area contributed by atoms with E-state index in [1.165, 1.54) is 0 Å². The summed E-state index contributed by atoms with van der Waals surface area (Å²) in [5.41, 5.74) is 0.242. The van der Waals surface area contributed by atoms with Crippen LogP contribution in [0, 0.1) is 17.0 Å². The first-order valence-corrected chi connectivity index (χ1v) is 7.03. The Morgan fingerprint density at radius 2 is 2.28 bits per heavy atom. The molecular weight excluding hydrogens is 276 g/mol. The maximum Gasteiger partial charge on any atom is 0.332 e. The van der Waals surface area contributed by atoms with Crippen LogP contribution in [0.4, 0.5) is 11.5 Å². The van der Waals surface area contributed by atoms with Gasteiger partial charge in [0.25, 0.3) is 0 Å². The maximum atomic E-state index is 11.1. The molecule has 2 rings (SSSR count). The maximum absolute atomic E-state index is 11.1. The Bertz CT molecular complexity index is 479. The zero-order valence-electron chi connectivity index (χ0n) is 10.1. The van der Waals surface area contributed by atoms with E-state index in [4.69, 9.17) is 11.6 Å². The number of aryl methyl sites for hydroxylation is 1. The van der Waals surface area contributed by atoms with Crippen molar-refractivity contribution in [3.8, 4) is 0 Å². The molecule has 18 heavy (non-hydrogen) atoms. The third-order valence-corrected chi connectivity index (χ3v) is 4.30. The molecule has 0 aliphatic carbocycles. The molecule has 0 N–H and O–H groups in total. The van der Waals surface area contributed by atoms with Crippen molar-refractivity contribution in [3.63, 3.8) is 0 Å². The minimum atomic E-state index is -0.445. The van der Waals surface area contributed by atoms with Gasteiger partial charge in [0.2, 0.25) is 11.1 Å². The van der Waals surface area contributed by atoms with Crippen LogP contribution in [-0.4, -0.2) is 39.5 Å². The third-order valence-electron chi connectivity index (χ3n) is 2.98. The quantitative estimate of drug-likeness (QED) is 0.483. The molecule has 1 aliphatic heterocycles. The van der Waals surface area contributed by atoms with E-state index >= 15 is 0 Å². The van der Waals surface area contributed by atoms with E-state index in [0.29, 0.717) is 11.5 Å². The molecule has 1 aromatic rings. The molecule has 1 atom stereocenters. The highest BCUT2D eigenvalue weighted by Gasteiger charge is 2.29. The van der Waals surface area contributed by atoms with Gasteiger partial charge in [0.1, 0.15) is 5.69 Å². The van der Waals surface area contributed by atoms with Gasteiger partial charge in [-0.1, -0.05) is 0 Å². The predicted octanol–water partition coefficient (Wildman–Crippen LogP) is 2.29. The molecule has 2 heterocycles. The summed E-state index contributed by atoms with van der Waals surface area (Å²) in [5, 5.41) is 11.2. The Hall–Kier alpha value is -1.08. The second kappa shape index (κ2) is 5.27. The average Bonchev–Trinajstić information content (AvgIpc) is 2.79. The topological polar surface area (TPSA) is 72.2 Å². The number of hydrogen-bond acceptors (Lipinski definition) is 6. The molecule has 0 radical (unpaired) electrons. The molecule has 98 valence electrons. The van der Waals surface area contributed by atoms with Crippen LogP contribution in [0.15, 0.2) is 0 Å². The largest absolute Gasteiger partial charge is 0.350 e. The fourth-order valence-electron chi connectivity index (χ4n) is 1.98. The number of hydrogen-bond donors (Lipinski definition) is 0. The molecule has 0 aromatic carbocycles. The van der Waals surface area contributed by atoms with Crippen molar-refractivity contribution in [2.45, 2.75) is 19.4 Å². The monoisotopic (exact) mass is 288 g/mol. The second-order valence-electron chi connectivity index (χ2n) is 4.14. The van der Waals surface area contributed by atoms with Crippen LogP contribution in [0.3, 0.4) is 0 Å². The number of rotatable bonds is 3. The first kappa shape index (κ1) is 13.4. The summed E-state index contributed by atoms with van der Waals surface area (Å²) >= 11 is 7.64. The van der Waals surface area contributed by atoms with Gasteiger partial charge in [-0.25, -0.2) is 4.98 Å². The standard InChI is InChI=1S/C10H13ClN4O2S/c1-6-8(15(16)17)9(13-10(11)12-6)14(2)7-3-4-18-5-7/h7H,3-5H2,1-2H3. The number of nitro groups is 1. The number of aromatic nitrogens is 2. The molecule has 1 aromatic heterocycles. The van der Waals surface area contributed by atoms with Crippen LogP contribution in [-0.2, 0) is 0 Å². The minimum Gasteiger partial charge on any atom is -0.350 e. The summed E-state index contributed by atoms with van der Waals surface area (Å²) < 4.78 is 0. The van der Waals surface area contributed by atoms with Crippen molar-refractivity contribution < 1.29 is 4.92 Å². The lowest BCUT2D eigenvalue weighted by Crippen LogP contribution is -2.32. The van der Waals surface area contributed by atoms with Crippen LogP contribution >= 0.6 is 23.4 Å². The van der Waals surface area contributed by atoms with Gasteiger partial charge in [-0.15, -0.1) is 0 Å². The van der Waals surface area contributed by atoms with Crippen LogP contribution < -0.4 is 4.90 Å². The van der Waals surface area contributed by atoms with Gasteiger partial charge in [-0.2, -0.15) is 16.7 Å². The van der Waals surface area contributed by atoms with Crippen LogP contribution in [0.1, 0.15) is 12.1 Å². The average molecular weight is 289 g/mol. The van der Waals surface area contributed by atoms with E-state index in [-0.39, 0.29) is 17.0 Å². The first-order valence-electron chi connectivity index (χ1n) is 5.50. The van der Waals surface area contributed by atoms with Gasteiger partial charge in [0.15, 0.2) is 0 Å². The highest BCUT2D eigenvalue weighted by Crippen LogP contribution is 2.33.